The maximum atomic E-state index is 11.5. The Balaban J connectivity index is 2.34. The van der Waals surface area contributed by atoms with Crippen LogP contribution >= 0.6 is 11.6 Å². The van der Waals surface area contributed by atoms with Crippen LogP contribution in [0.4, 0.5) is 4.79 Å². The molecular formula is C9H15ClN2O3. The smallest absolute Gasteiger partial charge is 0.324 e. The lowest BCUT2D eigenvalue weighted by atomic mass is 10.4. The Morgan fingerprint density at radius 2 is 2.13 bits per heavy atom. The van der Waals surface area contributed by atoms with E-state index in [0.29, 0.717) is 26.3 Å². The van der Waals surface area contributed by atoms with Crippen LogP contribution in [0, 0.1) is 0 Å². The lowest BCUT2D eigenvalue weighted by molar-refractivity contribution is -0.119. The zero-order chi connectivity index (χ0) is 11.1. The molecule has 0 radical (unpaired) electrons. The summed E-state index contributed by atoms with van der Waals surface area (Å²) in [5, 5.41) is 2.29. The maximum absolute atomic E-state index is 11.5. The van der Waals surface area contributed by atoms with Crippen LogP contribution in [0.5, 0.6) is 0 Å². The molecule has 1 fully saturated rings. The molecular weight excluding hydrogens is 220 g/mol. The number of nitrogens with zero attached hydrogens (tertiary/aromatic N) is 1. The molecule has 1 saturated heterocycles. The number of alkyl halides is 1. The van der Waals surface area contributed by atoms with E-state index in [9.17, 15) is 9.59 Å². The van der Waals surface area contributed by atoms with Gasteiger partial charge >= 0.3 is 6.03 Å². The van der Waals surface area contributed by atoms with E-state index in [1.165, 1.54) is 0 Å². The van der Waals surface area contributed by atoms with Gasteiger partial charge in [-0.25, -0.2) is 4.79 Å². The van der Waals surface area contributed by atoms with Crippen LogP contribution in [0.15, 0.2) is 0 Å². The van der Waals surface area contributed by atoms with E-state index in [1.807, 2.05) is 0 Å². The van der Waals surface area contributed by atoms with Crippen molar-refractivity contribution in [3.8, 4) is 0 Å². The molecule has 15 heavy (non-hydrogen) atoms. The number of carbonyl (C=O) groups excluding carboxylic acids is 2. The molecule has 5 nitrogen and oxygen atoms in total. The molecule has 1 aliphatic rings. The maximum Gasteiger partial charge on any atom is 0.324 e. The predicted octanol–water partition coefficient (Wildman–Crippen LogP) is 0.574. The van der Waals surface area contributed by atoms with Crippen molar-refractivity contribution < 1.29 is 14.3 Å². The second kappa shape index (κ2) is 6.63. The highest BCUT2D eigenvalue weighted by molar-refractivity contribution is 6.19. The van der Waals surface area contributed by atoms with Gasteiger partial charge in [0.15, 0.2) is 0 Å². The van der Waals surface area contributed by atoms with Gasteiger partial charge in [-0.15, -0.1) is 11.6 Å². The topological polar surface area (TPSA) is 58.6 Å². The summed E-state index contributed by atoms with van der Waals surface area (Å²) in [6, 6.07) is -0.351. The summed E-state index contributed by atoms with van der Waals surface area (Å²) in [5.41, 5.74) is 0. The van der Waals surface area contributed by atoms with E-state index in [1.54, 1.807) is 4.90 Å². The Bertz CT molecular complexity index is 227. The number of hydrogen-bond donors (Lipinski definition) is 1. The first-order valence-corrected chi connectivity index (χ1v) is 5.50. The van der Waals surface area contributed by atoms with Gasteiger partial charge < -0.3 is 9.64 Å². The fourth-order valence-corrected chi connectivity index (χ4v) is 1.47. The molecule has 0 aromatic heterocycles. The second-order valence-electron chi connectivity index (χ2n) is 3.25. The first-order valence-electron chi connectivity index (χ1n) is 4.96. The lowest BCUT2D eigenvalue weighted by Crippen LogP contribution is -2.44. The summed E-state index contributed by atoms with van der Waals surface area (Å²) >= 11 is 5.39. The molecule has 0 spiro atoms. The summed E-state index contributed by atoms with van der Waals surface area (Å²) in [5.74, 6) is -0.109. The molecule has 6 heteroatoms. The Hall–Kier alpha value is -0.810. The fourth-order valence-electron chi connectivity index (χ4n) is 1.30. The Labute approximate surface area is 93.7 Å². The van der Waals surface area contributed by atoms with Gasteiger partial charge in [0.1, 0.15) is 0 Å². The molecule has 0 aliphatic carbocycles. The lowest BCUT2D eigenvalue weighted by Gasteiger charge is -2.19. The van der Waals surface area contributed by atoms with Crippen molar-refractivity contribution in [3.63, 3.8) is 0 Å². The van der Waals surface area contributed by atoms with Crippen LogP contribution in [0.3, 0.4) is 0 Å². The van der Waals surface area contributed by atoms with Crippen LogP contribution in [-0.4, -0.2) is 49.0 Å². The van der Waals surface area contributed by atoms with Gasteiger partial charge in [-0.3, -0.25) is 10.1 Å². The van der Waals surface area contributed by atoms with Gasteiger partial charge in [-0.05, 0) is 6.42 Å². The largest absolute Gasteiger partial charge is 0.380 e. The van der Waals surface area contributed by atoms with Crippen molar-refractivity contribution in [2.75, 3.05) is 32.2 Å². The number of amides is 3. The first-order chi connectivity index (χ1) is 7.24. The molecule has 86 valence electrons. The van der Waals surface area contributed by atoms with Gasteiger partial charge in [0.2, 0.25) is 5.91 Å². The molecule has 0 unspecified atom stereocenters. The van der Waals surface area contributed by atoms with Crippen molar-refractivity contribution in [3.05, 3.63) is 0 Å². The second-order valence-corrected chi connectivity index (χ2v) is 3.62. The predicted molar refractivity (Wildman–Crippen MR) is 55.9 cm³/mol. The van der Waals surface area contributed by atoms with Crippen LogP contribution in [-0.2, 0) is 9.53 Å². The van der Waals surface area contributed by atoms with Crippen LogP contribution < -0.4 is 5.32 Å². The molecule has 0 atom stereocenters. The highest BCUT2D eigenvalue weighted by atomic mass is 35.5. The minimum Gasteiger partial charge on any atom is -0.380 e. The van der Waals surface area contributed by atoms with E-state index < -0.39 is 0 Å². The van der Waals surface area contributed by atoms with Gasteiger partial charge in [-0.1, -0.05) is 0 Å². The minimum absolute atomic E-state index is 0.164. The van der Waals surface area contributed by atoms with Crippen molar-refractivity contribution in [1.82, 2.24) is 10.2 Å². The fraction of sp³-hybridized carbons (Fsp3) is 0.778. The number of urea groups is 1. The van der Waals surface area contributed by atoms with Crippen molar-refractivity contribution in [2.24, 2.45) is 0 Å². The Morgan fingerprint density at radius 3 is 2.87 bits per heavy atom. The normalized spacial score (nSPS) is 17.0. The number of rotatable bonds is 2. The average Bonchev–Trinajstić information content (AvgIpc) is 2.45. The molecule has 1 N–H and O–H groups in total. The highest BCUT2D eigenvalue weighted by Crippen LogP contribution is 1.99. The molecule has 0 saturated carbocycles. The van der Waals surface area contributed by atoms with Crippen LogP contribution in [0.25, 0.3) is 0 Å². The molecule has 0 aromatic carbocycles. The summed E-state index contributed by atoms with van der Waals surface area (Å²) < 4.78 is 5.20. The van der Waals surface area contributed by atoms with Crippen LogP contribution in [0.1, 0.15) is 12.8 Å². The highest BCUT2D eigenvalue weighted by Gasteiger charge is 2.17. The zero-order valence-electron chi connectivity index (χ0n) is 8.50. The molecule has 1 aliphatic heterocycles. The molecule has 3 amide bonds. The number of halogens is 1. The van der Waals surface area contributed by atoms with Crippen molar-refractivity contribution in [2.45, 2.75) is 12.8 Å². The SMILES string of the molecule is O=C(CCCl)NC(=O)N1CCCOCC1. The number of carbonyl (C=O) groups is 2. The third-order valence-corrected chi connectivity index (χ3v) is 2.27. The van der Waals surface area contributed by atoms with Gasteiger partial charge in [0.05, 0.1) is 6.61 Å². The number of nitrogens with one attached hydrogen (secondary N) is 1. The number of hydrogen-bond acceptors (Lipinski definition) is 3. The van der Waals surface area contributed by atoms with Crippen molar-refractivity contribution in [1.29, 1.82) is 0 Å². The minimum atomic E-state index is -0.351. The number of ether oxygens (including phenoxy) is 1. The summed E-state index contributed by atoms with van der Waals surface area (Å²) in [6.07, 6.45) is 0.967. The van der Waals surface area contributed by atoms with Crippen LogP contribution in [0.2, 0.25) is 0 Å². The Morgan fingerprint density at radius 1 is 1.33 bits per heavy atom. The quantitative estimate of drug-likeness (QED) is 0.711. The molecule has 0 aromatic rings. The van der Waals surface area contributed by atoms with E-state index in [0.717, 1.165) is 6.42 Å². The van der Waals surface area contributed by atoms with E-state index in [-0.39, 0.29) is 24.2 Å². The summed E-state index contributed by atoms with van der Waals surface area (Å²) in [7, 11) is 0. The van der Waals surface area contributed by atoms with Crippen molar-refractivity contribution >= 4 is 23.5 Å². The monoisotopic (exact) mass is 234 g/mol. The third-order valence-electron chi connectivity index (χ3n) is 2.08. The third kappa shape index (κ3) is 4.48. The van der Waals surface area contributed by atoms with Gasteiger partial charge in [0.25, 0.3) is 0 Å². The number of imide groups is 1. The molecule has 0 bridgehead atoms. The zero-order valence-corrected chi connectivity index (χ0v) is 9.26. The van der Waals surface area contributed by atoms with E-state index >= 15 is 0 Å². The first kappa shape index (κ1) is 12.3. The molecule has 1 heterocycles. The van der Waals surface area contributed by atoms with Gasteiger partial charge in [-0.2, -0.15) is 0 Å². The Kier molecular flexibility index (Phi) is 5.42. The van der Waals surface area contributed by atoms with E-state index in [2.05, 4.69) is 5.32 Å². The standard InChI is InChI=1S/C9H15ClN2O3/c10-3-2-8(13)11-9(14)12-4-1-6-15-7-5-12/h1-7H2,(H,11,13,14). The van der Waals surface area contributed by atoms with E-state index in [4.69, 9.17) is 16.3 Å². The average molecular weight is 235 g/mol. The summed E-state index contributed by atoms with van der Waals surface area (Å²) in [4.78, 5) is 24.2. The molecule has 1 rings (SSSR count). The summed E-state index contributed by atoms with van der Waals surface area (Å²) in [6.45, 7) is 2.34. The van der Waals surface area contributed by atoms with Gasteiger partial charge in [0, 0.05) is 32.0 Å².